The van der Waals surface area contributed by atoms with Crippen LogP contribution in [0.5, 0.6) is 0 Å². The van der Waals surface area contributed by atoms with Crippen LogP contribution in [-0.4, -0.2) is 67.4 Å². The van der Waals surface area contributed by atoms with Crippen molar-refractivity contribution in [2.75, 3.05) is 25.9 Å². The van der Waals surface area contributed by atoms with Gasteiger partial charge in [0.05, 0.1) is 12.2 Å². The summed E-state index contributed by atoms with van der Waals surface area (Å²) in [6, 6.07) is 0.108. The summed E-state index contributed by atoms with van der Waals surface area (Å²) in [6.07, 6.45) is 2.71. The molecule has 0 radical (unpaired) electrons. The minimum absolute atomic E-state index is 0.00583. The first kappa shape index (κ1) is 17.2. The maximum absolute atomic E-state index is 12.3. The second-order valence-corrected chi connectivity index (χ2v) is 8.47. The molecule has 7 nitrogen and oxygen atoms in total. The molecule has 2 aliphatic rings. The molecule has 2 fully saturated rings. The number of rotatable bonds is 4. The molecule has 22 heavy (non-hydrogen) atoms. The molecule has 0 saturated carbocycles. The number of hydrogen-bond acceptors (Lipinski definition) is 4. The molecule has 2 heterocycles. The van der Waals surface area contributed by atoms with Gasteiger partial charge in [0.15, 0.2) is 0 Å². The minimum Gasteiger partial charge on any atom is -0.353 e. The standard InChI is InChI=1S/C14H25N3O4S/c1-10(2)17-9-11(8-13(17)18)14(19)15-12-4-6-16(7-5-12)22(3,20)21/h10-12H,4-9H2,1-3H3,(H,15,19). The first-order chi connectivity index (χ1) is 10.2. The number of likely N-dealkylation sites (tertiary alicyclic amines) is 1. The van der Waals surface area contributed by atoms with Crippen molar-refractivity contribution in [1.82, 2.24) is 14.5 Å². The number of nitrogens with one attached hydrogen (secondary N) is 1. The van der Waals surface area contributed by atoms with Crippen LogP contribution in [0.25, 0.3) is 0 Å². The Bertz CT molecular complexity index is 538. The van der Waals surface area contributed by atoms with Crippen LogP contribution in [0.15, 0.2) is 0 Å². The molecular weight excluding hydrogens is 306 g/mol. The molecular formula is C14H25N3O4S. The predicted octanol–water partition coefficient (Wildman–Crippen LogP) is -0.216. The summed E-state index contributed by atoms with van der Waals surface area (Å²) >= 11 is 0. The summed E-state index contributed by atoms with van der Waals surface area (Å²) in [6.45, 7) is 5.24. The van der Waals surface area contributed by atoms with Crippen molar-refractivity contribution in [3.63, 3.8) is 0 Å². The molecule has 0 aromatic heterocycles. The average molecular weight is 331 g/mol. The van der Waals surface area contributed by atoms with Crippen LogP contribution in [-0.2, 0) is 19.6 Å². The van der Waals surface area contributed by atoms with E-state index in [0.29, 0.717) is 32.5 Å². The van der Waals surface area contributed by atoms with Gasteiger partial charge in [-0.15, -0.1) is 0 Å². The number of piperidine rings is 1. The van der Waals surface area contributed by atoms with E-state index in [-0.39, 0.29) is 36.2 Å². The summed E-state index contributed by atoms with van der Waals surface area (Å²) in [7, 11) is -3.15. The maximum atomic E-state index is 12.3. The summed E-state index contributed by atoms with van der Waals surface area (Å²) in [5.74, 6) is -0.348. The Kier molecular flexibility index (Phi) is 5.11. The van der Waals surface area contributed by atoms with Gasteiger partial charge in [-0.25, -0.2) is 12.7 Å². The Hall–Kier alpha value is -1.15. The highest BCUT2D eigenvalue weighted by Crippen LogP contribution is 2.21. The monoisotopic (exact) mass is 331 g/mol. The molecule has 2 rings (SSSR count). The SMILES string of the molecule is CC(C)N1CC(C(=O)NC2CCN(S(C)(=O)=O)CC2)CC1=O. The molecule has 2 aliphatic heterocycles. The largest absolute Gasteiger partial charge is 0.353 e. The Labute approximate surface area is 132 Å². The topological polar surface area (TPSA) is 86.8 Å². The third-order valence-corrected chi connectivity index (χ3v) is 5.73. The number of carbonyl (C=O) groups excluding carboxylic acids is 2. The van der Waals surface area contributed by atoms with Crippen molar-refractivity contribution < 1.29 is 18.0 Å². The Morgan fingerprint density at radius 3 is 2.32 bits per heavy atom. The van der Waals surface area contributed by atoms with Gasteiger partial charge in [-0.2, -0.15) is 0 Å². The van der Waals surface area contributed by atoms with Crippen LogP contribution in [0.3, 0.4) is 0 Å². The van der Waals surface area contributed by atoms with E-state index in [2.05, 4.69) is 5.32 Å². The van der Waals surface area contributed by atoms with Gasteiger partial charge in [-0.05, 0) is 26.7 Å². The highest BCUT2D eigenvalue weighted by atomic mass is 32.2. The second kappa shape index (κ2) is 6.54. The molecule has 0 aromatic rings. The van der Waals surface area contributed by atoms with Crippen LogP contribution in [0.4, 0.5) is 0 Å². The number of hydrogen-bond donors (Lipinski definition) is 1. The molecule has 8 heteroatoms. The van der Waals surface area contributed by atoms with Crippen molar-refractivity contribution in [2.24, 2.45) is 5.92 Å². The summed E-state index contributed by atoms with van der Waals surface area (Å²) < 4.78 is 24.4. The van der Waals surface area contributed by atoms with E-state index in [0.717, 1.165) is 0 Å². The molecule has 0 spiro atoms. The van der Waals surface area contributed by atoms with Gasteiger partial charge in [0.1, 0.15) is 0 Å². The van der Waals surface area contributed by atoms with Crippen molar-refractivity contribution in [2.45, 2.75) is 45.2 Å². The number of carbonyl (C=O) groups is 2. The highest BCUT2D eigenvalue weighted by molar-refractivity contribution is 7.88. The van der Waals surface area contributed by atoms with Gasteiger partial charge >= 0.3 is 0 Å². The molecule has 0 bridgehead atoms. The fourth-order valence-corrected chi connectivity index (χ4v) is 3.93. The van der Waals surface area contributed by atoms with E-state index < -0.39 is 10.0 Å². The van der Waals surface area contributed by atoms with Crippen molar-refractivity contribution in [3.05, 3.63) is 0 Å². The van der Waals surface area contributed by atoms with Gasteiger partial charge in [0.25, 0.3) is 0 Å². The Morgan fingerprint density at radius 1 is 1.27 bits per heavy atom. The van der Waals surface area contributed by atoms with Crippen molar-refractivity contribution in [1.29, 1.82) is 0 Å². The zero-order valence-electron chi connectivity index (χ0n) is 13.4. The van der Waals surface area contributed by atoms with Gasteiger partial charge in [0, 0.05) is 38.1 Å². The molecule has 2 saturated heterocycles. The van der Waals surface area contributed by atoms with Gasteiger partial charge in [-0.3, -0.25) is 9.59 Å². The fraction of sp³-hybridized carbons (Fsp3) is 0.857. The Morgan fingerprint density at radius 2 is 1.86 bits per heavy atom. The average Bonchev–Trinajstić information content (AvgIpc) is 2.80. The molecule has 1 unspecified atom stereocenters. The number of sulfonamides is 1. The van der Waals surface area contributed by atoms with E-state index >= 15 is 0 Å². The van der Waals surface area contributed by atoms with Crippen molar-refractivity contribution >= 4 is 21.8 Å². The van der Waals surface area contributed by atoms with E-state index in [4.69, 9.17) is 0 Å². The van der Waals surface area contributed by atoms with Gasteiger partial charge in [-0.1, -0.05) is 0 Å². The quantitative estimate of drug-likeness (QED) is 0.772. The maximum Gasteiger partial charge on any atom is 0.225 e. The number of amides is 2. The summed E-state index contributed by atoms with van der Waals surface area (Å²) in [4.78, 5) is 25.9. The molecule has 126 valence electrons. The third kappa shape index (κ3) is 3.98. The van der Waals surface area contributed by atoms with Crippen molar-refractivity contribution in [3.8, 4) is 0 Å². The molecule has 1 N–H and O–H groups in total. The van der Waals surface area contributed by atoms with E-state index in [9.17, 15) is 18.0 Å². The van der Waals surface area contributed by atoms with Crippen LogP contribution >= 0.6 is 0 Å². The molecule has 0 aliphatic carbocycles. The van der Waals surface area contributed by atoms with E-state index in [1.54, 1.807) is 4.90 Å². The van der Waals surface area contributed by atoms with Crippen LogP contribution < -0.4 is 5.32 Å². The lowest BCUT2D eigenvalue weighted by atomic mass is 10.0. The van der Waals surface area contributed by atoms with E-state index in [1.807, 2.05) is 13.8 Å². The summed E-state index contributed by atoms with van der Waals surface area (Å²) in [5.41, 5.74) is 0. The second-order valence-electron chi connectivity index (χ2n) is 6.49. The smallest absolute Gasteiger partial charge is 0.225 e. The normalized spacial score (nSPS) is 25.0. The zero-order chi connectivity index (χ0) is 16.5. The van der Waals surface area contributed by atoms with Crippen LogP contribution in [0.2, 0.25) is 0 Å². The summed E-state index contributed by atoms with van der Waals surface area (Å²) in [5, 5.41) is 2.97. The lowest BCUT2D eigenvalue weighted by molar-refractivity contribution is -0.130. The van der Waals surface area contributed by atoms with Crippen LogP contribution in [0, 0.1) is 5.92 Å². The zero-order valence-corrected chi connectivity index (χ0v) is 14.2. The molecule has 2 amide bonds. The third-order valence-electron chi connectivity index (χ3n) is 4.42. The van der Waals surface area contributed by atoms with Gasteiger partial charge < -0.3 is 10.2 Å². The number of nitrogens with zero attached hydrogens (tertiary/aromatic N) is 2. The molecule has 0 aromatic carbocycles. The van der Waals surface area contributed by atoms with E-state index in [1.165, 1.54) is 10.6 Å². The first-order valence-corrected chi connectivity index (χ1v) is 9.58. The minimum atomic E-state index is -3.15. The lowest BCUT2D eigenvalue weighted by Gasteiger charge is -2.31. The predicted molar refractivity (Wildman–Crippen MR) is 82.5 cm³/mol. The lowest BCUT2D eigenvalue weighted by Crippen LogP contribution is -2.47. The Balaban J connectivity index is 1.83. The van der Waals surface area contributed by atoms with Gasteiger partial charge in [0.2, 0.25) is 21.8 Å². The highest BCUT2D eigenvalue weighted by Gasteiger charge is 2.36. The molecule has 1 atom stereocenters. The fourth-order valence-electron chi connectivity index (χ4n) is 3.06. The first-order valence-electron chi connectivity index (χ1n) is 7.73. The van der Waals surface area contributed by atoms with Crippen LogP contribution in [0.1, 0.15) is 33.1 Å².